The maximum atomic E-state index is 12.9. The Kier molecular flexibility index (Phi) is 2.25. The third-order valence-corrected chi connectivity index (χ3v) is 2.90. The van der Waals surface area contributed by atoms with Gasteiger partial charge in [-0.05, 0) is 11.5 Å². The van der Waals surface area contributed by atoms with E-state index in [2.05, 4.69) is 4.98 Å². The molecule has 1 nitrogen and oxygen atoms in total. The SMILES string of the molecule is FC(F)c1cccc2c1cnc1ccccc12. The first-order valence-corrected chi connectivity index (χ1v) is 5.32. The zero-order valence-electron chi connectivity index (χ0n) is 8.90. The lowest BCUT2D eigenvalue weighted by molar-refractivity contribution is 0.153. The molecule has 0 unspecified atom stereocenters. The summed E-state index contributed by atoms with van der Waals surface area (Å²) in [4.78, 5) is 4.22. The summed E-state index contributed by atoms with van der Waals surface area (Å²) in [5.41, 5.74) is 0.868. The summed E-state index contributed by atoms with van der Waals surface area (Å²) in [6, 6.07) is 12.5. The van der Waals surface area contributed by atoms with Crippen LogP contribution in [0, 0.1) is 0 Å². The normalized spacial score (nSPS) is 11.5. The predicted molar refractivity (Wildman–Crippen MR) is 64.2 cm³/mol. The van der Waals surface area contributed by atoms with Gasteiger partial charge in [-0.15, -0.1) is 0 Å². The lowest BCUT2D eigenvalue weighted by Gasteiger charge is -2.07. The third-order valence-electron chi connectivity index (χ3n) is 2.90. The van der Waals surface area contributed by atoms with E-state index in [0.29, 0.717) is 5.39 Å². The second-order valence-corrected chi connectivity index (χ2v) is 3.88. The fraction of sp³-hybridized carbons (Fsp3) is 0.0714. The second kappa shape index (κ2) is 3.77. The van der Waals surface area contributed by atoms with E-state index in [0.717, 1.165) is 16.3 Å². The molecule has 3 rings (SSSR count). The molecular formula is C14H9F2N. The van der Waals surface area contributed by atoms with Crippen molar-refractivity contribution in [2.75, 3.05) is 0 Å². The topological polar surface area (TPSA) is 12.9 Å². The molecule has 0 N–H and O–H groups in total. The molecule has 0 saturated carbocycles. The van der Waals surface area contributed by atoms with Crippen LogP contribution in [0.1, 0.15) is 12.0 Å². The molecule has 2 aromatic carbocycles. The molecule has 84 valence electrons. The number of hydrogen-bond donors (Lipinski definition) is 0. The van der Waals surface area contributed by atoms with Gasteiger partial charge >= 0.3 is 0 Å². The highest BCUT2D eigenvalue weighted by Crippen LogP contribution is 2.30. The van der Waals surface area contributed by atoms with E-state index >= 15 is 0 Å². The van der Waals surface area contributed by atoms with Crippen LogP contribution in [0.3, 0.4) is 0 Å². The van der Waals surface area contributed by atoms with Crippen molar-refractivity contribution < 1.29 is 8.78 Å². The Balaban J connectivity index is 2.48. The Labute approximate surface area is 96.7 Å². The average molecular weight is 229 g/mol. The minimum Gasteiger partial charge on any atom is -0.256 e. The lowest BCUT2D eigenvalue weighted by atomic mass is 10.0. The molecule has 0 aliphatic carbocycles. The molecule has 0 saturated heterocycles. The zero-order chi connectivity index (χ0) is 11.8. The van der Waals surface area contributed by atoms with Gasteiger partial charge in [-0.3, -0.25) is 4.98 Å². The van der Waals surface area contributed by atoms with E-state index in [1.807, 2.05) is 30.3 Å². The van der Waals surface area contributed by atoms with Gasteiger partial charge in [-0.2, -0.15) is 0 Å². The van der Waals surface area contributed by atoms with Gasteiger partial charge < -0.3 is 0 Å². The number of para-hydroxylation sites is 1. The Hall–Kier alpha value is -2.03. The van der Waals surface area contributed by atoms with E-state index in [-0.39, 0.29) is 5.56 Å². The molecule has 1 heterocycles. The molecule has 0 aliphatic rings. The van der Waals surface area contributed by atoms with Crippen molar-refractivity contribution in [3.8, 4) is 0 Å². The number of fused-ring (bicyclic) bond motifs is 3. The maximum absolute atomic E-state index is 12.9. The first kappa shape index (κ1) is 10.1. The van der Waals surface area contributed by atoms with Gasteiger partial charge in [0.15, 0.2) is 0 Å². The van der Waals surface area contributed by atoms with Gasteiger partial charge in [0.25, 0.3) is 6.43 Å². The van der Waals surface area contributed by atoms with Gasteiger partial charge in [0, 0.05) is 22.5 Å². The monoisotopic (exact) mass is 229 g/mol. The standard InChI is InChI=1S/C14H9F2N/c15-14(16)11-6-3-5-9-10-4-1-2-7-13(10)17-8-12(9)11/h1-8,14H. The second-order valence-electron chi connectivity index (χ2n) is 3.88. The molecule has 0 aliphatic heterocycles. The fourth-order valence-corrected chi connectivity index (χ4v) is 2.10. The number of hydrogen-bond acceptors (Lipinski definition) is 1. The van der Waals surface area contributed by atoms with Crippen LogP contribution in [-0.4, -0.2) is 4.98 Å². The predicted octanol–water partition coefficient (Wildman–Crippen LogP) is 4.33. The molecule has 0 amide bonds. The van der Waals surface area contributed by atoms with Gasteiger partial charge in [0.1, 0.15) is 0 Å². The molecule has 1 aromatic heterocycles. The van der Waals surface area contributed by atoms with E-state index in [4.69, 9.17) is 0 Å². The van der Waals surface area contributed by atoms with Crippen LogP contribution in [0.4, 0.5) is 8.78 Å². The first-order chi connectivity index (χ1) is 8.27. The summed E-state index contributed by atoms with van der Waals surface area (Å²) in [5.74, 6) is 0. The maximum Gasteiger partial charge on any atom is 0.264 e. The lowest BCUT2D eigenvalue weighted by Crippen LogP contribution is -1.89. The first-order valence-electron chi connectivity index (χ1n) is 5.32. The highest BCUT2D eigenvalue weighted by atomic mass is 19.3. The van der Waals surface area contributed by atoms with Crippen LogP contribution in [0.15, 0.2) is 48.7 Å². The zero-order valence-corrected chi connectivity index (χ0v) is 8.90. The summed E-state index contributed by atoms with van der Waals surface area (Å²) >= 11 is 0. The van der Waals surface area contributed by atoms with Crippen LogP contribution < -0.4 is 0 Å². The van der Waals surface area contributed by atoms with E-state index < -0.39 is 6.43 Å². The number of aromatic nitrogens is 1. The molecule has 0 radical (unpaired) electrons. The summed E-state index contributed by atoms with van der Waals surface area (Å²) < 4.78 is 25.7. The molecule has 0 bridgehead atoms. The van der Waals surface area contributed by atoms with Crippen molar-refractivity contribution in [3.63, 3.8) is 0 Å². The van der Waals surface area contributed by atoms with Crippen LogP contribution in [0.25, 0.3) is 21.7 Å². The smallest absolute Gasteiger partial charge is 0.256 e. The highest BCUT2D eigenvalue weighted by molar-refractivity contribution is 6.06. The van der Waals surface area contributed by atoms with E-state index in [1.54, 1.807) is 6.07 Å². The molecule has 0 atom stereocenters. The Morgan fingerprint density at radius 1 is 0.824 bits per heavy atom. The Bertz CT molecular complexity index is 692. The summed E-state index contributed by atoms with van der Waals surface area (Å²) in [6.07, 6.45) is -0.944. The van der Waals surface area contributed by atoms with E-state index in [1.165, 1.54) is 12.3 Å². The minimum absolute atomic E-state index is 0.0424. The number of benzene rings is 2. The molecule has 0 spiro atoms. The molecule has 0 fully saturated rings. The number of pyridine rings is 1. The van der Waals surface area contributed by atoms with Crippen molar-refractivity contribution >= 4 is 21.7 Å². The van der Waals surface area contributed by atoms with Crippen molar-refractivity contribution in [1.29, 1.82) is 0 Å². The summed E-state index contributed by atoms with van der Waals surface area (Å²) in [7, 11) is 0. The van der Waals surface area contributed by atoms with Crippen LogP contribution in [0.2, 0.25) is 0 Å². The fourth-order valence-electron chi connectivity index (χ4n) is 2.10. The van der Waals surface area contributed by atoms with Crippen LogP contribution in [-0.2, 0) is 0 Å². The van der Waals surface area contributed by atoms with Gasteiger partial charge in [0.05, 0.1) is 5.52 Å². The number of rotatable bonds is 1. The van der Waals surface area contributed by atoms with Crippen molar-refractivity contribution in [1.82, 2.24) is 4.98 Å². The molecular weight excluding hydrogens is 220 g/mol. The van der Waals surface area contributed by atoms with Gasteiger partial charge in [-0.1, -0.05) is 36.4 Å². The van der Waals surface area contributed by atoms with Gasteiger partial charge in [-0.25, -0.2) is 8.78 Å². The van der Waals surface area contributed by atoms with Crippen LogP contribution >= 0.6 is 0 Å². The quantitative estimate of drug-likeness (QED) is 0.566. The van der Waals surface area contributed by atoms with Gasteiger partial charge in [0.2, 0.25) is 0 Å². The highest BCUT2D eigenvalue weighted by Gasteiger charge is 2.12. The molecule has 17 heavy (non-hydrogen) atoms. The van der Waals surface area contributed by atoms with Crippen molar-refractivity contribution in [2.45, 2.75) is 6.43 Å². The molecule has 3 aromatic rings. The summed E-state index contributed by atoms with van der Waals surface area (Å²) in [5, 5.41) is 2.27. The number of alkyl halides is 2. The van der Waals surface area contributed by atoms with Crippen LogP contribution in [0.5, 0.6) is 0 Å². The Morgan fingerprint density at radius 2 is 1.59 bits per heavy atom. The van der Waals surface area contributed by atoms with E-state index in [9.17, 15) is 8.78 Å². The van der Waals surface area contributed by atoms with Crippen molar-refractivity contribution in [2.24, 2.45) is 0 Å². The van der Waals surface area contributed by atoms with Crippen molar-refractivity contribution in [3.05, 3.63) is 54.2 Å². The number of halogens is 2. The minimum atomic E-state index is -2.47. The summed E-state index contributed by atoms with van der Waals surface area (Å²) in [6.45, 7) is 0. The largest absolute Gasteiger partial charge is 0.264 e. The molecule has 3 heteroatoms. The number of nitrogens with zero attached hydrogens (tertiary/aromatic N) is 1. The third kappa shape index (κ3) is 1.55. The Morgan fingerprint density at radius 3 is 2.41 bits per heavy atom. The average Bonchev–Trinajstić information content (AvgIpc) is 2.37.